The highest BCUT2D eigenvalue weighted by Gasteiger charge is 2.32. The maximum absolute atomic E-state index is 13.9. The number of sulfonamides is 1. The standard InChI is InChI=1S/C29H34ClN3O5S2/c1-5-31-29(35)21(3)32(19-22-9-7-8-10-27(22)30)28(34)20-33(23-11-13-24(14-12-23)38-6-2)40(36,37)26-17-15-25(39-4)16-18-26/h7-18,21H,5-6,19-20H2,1-4H3,(H,31,35)/t21-/m1/s1. The number of carbonyl (C=O) groups excluding carboxylic acids is 2. The first-order valence-electron chi connectivity index (χ1n) is 12.8. The molecule has 214 valence electrons. The molecule has 40 heavy (non-hydrogen) atoms. The minimum atomic E-state index is -4.16. The molecule has 0 saturated carbocycles. The summed E-state index contributed by atoms with van der Waals surface area (Å²) in [5.74, 6) is -0.340. The summed E-state index contributed by atoms with van der Waals surface area (Å²) in [7, 11) is -4.16. The van der Waals surface area contributed by atoms with Crippen LogP contribution in [0.1, 0.15) is 26.3 Å². The van der Waals surface area contributed by atoms with Gasteiger partial charge in [-0.1, -0.05) is 29.8 Å². The zero-order chi connectivity index (χ0) is 29.3. The highest BCUT2D eigenvalue weighted by molar-refractivity contribution is 7.98. The summed E-state index contributed by atoms with van der Waals surface area (Å²) in [4.78, 5) is 29.0. The average molecular weight is 604 g/mol. The lowest BCUT2D eigenvalue weighted by Crippen LogP contribution is -2.51. The van der Waals surface area contributed by atoms with Gasteiger partial charge in [0.25, 0.3) is 10.0 Å². The smallest absolute Gasteiger partial charge is 0.264 e. The molecule has 0 aliphatic rings. The molecule has 1 atom stereocenters. The molecule has 3 aromatic carbocycles. The number of hydrogen-bond acceptors (Lipinski definition) is 6. The quantitative estimate of drug-likeness (QED) is 0.270. The minimum absolute atomic E-state index is 0.0242. The zero-order valence-corrected chi connectivity index (χ0v) is 25.4. The molecule has 1 N–H and O–H groups in total. The van der Waals surface area contributed by atoms with Crippen molar-refractivity contribution in [2.75, 3.05) is 30.3 Å². The molecule has 3 aromatic rings. The van der Waals surface area contributed by atoms with Gasteiger partial charge in [-0.25, -0.2) is 8.42 Å². The molecule has 0 heterocycles. The van der Waals surface area contributed by atoms with Crippen LogP contribution in [0.3, 0.4) is 0 Å². The molecule has 0 bridgehead atoms. The van der Waals surface area contributed by atoms with Gasteiger partial charge in [0.1, 0.15) is 18.3 Å². The predicted molar refractivity (Wildman–Crippen MR) is 161 cm³/mol. The minimum Gasteiger partial charge on any atom is -0.494 e. The number of benzene rings is 3. The molecule has 2 amide bonds. The Morgan fingerprint density at radius 2 is 1.65 bits per heavy atom. The van der Waals surface area contributed by atoms with Crippen LogP contribution in [0.2, 0.25) is 5.02 Å². The lowest BCUT2D eigenvalue weighted by Gasteiger charge is -2.32. The summed E-state index contributed by atoms with van der Waals surface area (Å²) in [5, 5.41) is 3.18. The lowest BCUT2D eigenvalue weighted by atomic mass is 10.1. The molecule has 0 fully saturated rings. The van der Waals surface area contributed by atoms with E-state index >= 15 is 0 Å². The van der Waals surface area contributed by atoms with Gasteiger partial charge in [0, 0.05) is 23.0 Å². The SMILES string of the molecule is CCNC(=O)[C@@H](C)N(Cc1ccccc1Cl)C(=O)CN(c1ccc(OCC)cc1)S(=O)(=O)c1ccc(SC)cc1. The van der Waals surface area contributed by atoms with Crippen molar-refractivity contribution in [3.05, 3.63) is 83.4 Å². The van der Waals surface area contributed by atoms with Crippen molar-refractivity contribution in [2.45, 2.75) is 43.1 Å². The first kappa shape index (κ1) is 31.3. The topological polar surface area (TPSA) is 96.0 Å². The lowest BCUT2D eigenvalue weighted by molar-refractivity contribution is -0.139. The van der Waals surface area contributed by atoms with Crippen LogP contribution in [0.5, 0.6) is 5.75 Å². The van der Waals surface area contributed by atoms with Crippen molar-refractivity contribution in [3.63, 3.8) is 0 Å². The van der Waals surface area contributed by atoms with Gasteiger partial charge in [-0.3, -0.25) is 13.9 Å². The Labute approximate surface area is 245 Å². The number of nitrogens with zero attached hydrogens (tertiary/aromatic N) is 2. The number of hydrogen-bond donors (Lipinski definition) is 1. The third-order valence-electron chi connectivity index (χ3n) is 6.18. The summed E-state index contributed by atoms with van der Waals surface area (Å²) >= 11 is 7.87. The largest absolute Gasteiger partial charge is 0.494 e. The summed E-state index contributed by atoms with van der Waals surface area (Å²) in [5.41, 5.74) is 0.922. The normalized spacial score (nSPS) is 11.9. The second kappa shape index (κ2) is 14.4. The summed E-state index contributed by atoms with van der Waals surface area (Å²) in [6, 6.07) is 19.1. The van der Waals surface area contributed by atoms with Crippen LogP contribution >= 0.6 is 23.4 Å². The number of anilines is 1. The van der Waals surface area contributed by atoms with Crippen LogP contribution < -0.4 is 14.4 Å². The third-order valence-corrected chi connectivity index (χ3v) is 9.08. The third kappa shape index (κ3) is 7.71. The van der Waals surface area contributed by atoms with E-state index in [1.54, 1.807) is 74.5 Å². The summed E-state index contributed by atoms with van der Waals surface area (Å²) in [6.07, 6.45) is 1.90. The summed E-state index contributed by atoms with van der Waals surface area (Å²) in [6.45, 7) is 5.58. The van der Waals surface area contributed by atoms with Gasteiger partial charge in [-0.2, -0.15) is 0 Å². The van der Waals surface area contributed by atoms with Gasteiger partial charge in [-0.15, -0.1) is 11.8 Å². The van der Waals surface area contributed by atoms with E-state index in [1.165, 1.54) is 28.8 Å². The van der Waals surface area contributed by atoms with E-state index in [0.717, 1.165) is 9.20 Å². The van der Waals surface area contributed by atoms with Crippen molar-refractivity contribution < 1.29 is 22.7 Å². The maximum atomic E-state index is 13.9. The Bertz CT molecular complexity index is 1400. The zero-order valence-electron chi connectivity index (χ0n) is 23.0. The fraction of sp³-hybridized carbons (Fsp3) is 0.310. The van der Waals surface area contributed by atoms with Crippen molar-refractivity contribution in [3.8, 4) is 5.75 Å². The van der Waals surface area contributed by atoms with Gasteiger partial charge in [0.15, 0.2) is 0 Å². The van der Waals surface area contributed by atoms with Crippen LogP contribution in [-0.2, 0) is 26.2 Å². The van der Waals surface area contributed by atoms with Crippen molar-refractivity contribution in [2.24, 2.45) is 0 Å². The highest BCUT2D eigenvalue weighted by Crippen LogP contribution is 2.28. The molecule has 0 unspecified atom stereocenters. The number of carbonyl (C=O) groups is 2. The molecule has 11 heteroatoms. The average Bonchev–Trinajstić information content (AvgIpc) is 2.95. The first-order valence-corrected chi connectivity index (χ1v) is 15.9. The Hall–Kier alpha value is -3.21. The number of nitrogens with one attached hydrogen (secondary N) is 1. The molecule has 0 aliphatic carbocycles. The van der Waals surface area contributed by atoms with E-state index in [-0.39, 0.29) is 23.0 Å². The van der Waals surface area contributed by atoms with Gasteiger partial charge in [-0.05, 0) is 87.2 Å². The van der Waals surface area contributed by atoms with Crippen LogP contribution in [0.25, 0.3) is 0 Å². The molecule has 0 aromatic heterocycles. The molecular weight excluding hydrogens is 570 g/mol. The molecule has 0 saturated heterocycles. The number of rotatable bonds is 13. The Kier molecular flexibility index (Phi) is 11.3. The maximum Gasteiger partial charge on any atom is 0.264 e. The van der Waals surface area contributed by atoms with E-state index in [1.807, 2.05) is 13.2 Å². The van der Waals surface area contributed by atoms with E-state index in [2.05, 4.69) is 5.32 Å². The monoisotopic (exact) mass is 603 g/mol. The fourth-order valence-electron chi connectivity index (χ4n) is 3.99. The fourth-order valence-corrected chi connectivity index (χ4v) is 6.01. The van der Waals surface area contributed by atoms with Crippen LogP contribution in [0, 0.1) is 0 Å². The van der Waals surface area contributed by atoms with E-state index in [0.29, 0.717) is 29.5 Å². The summed E-state index contributed by atoms with van der Waals surface area (Å²) < 4.78 is 34.4. The van der Waals surface area contributed by atoms with Crippen molar-refractivity contribution in [1.29, 1.82) is 0 Å². The first-order chi connectivity index (χ1) is 19.1. The Morgan fingerprint density at radius 3 is 2.23 bits per heavy atom. The second-order valence-corrected chi connectivity index (χ2v) is 11.9. The number of likely N-dealkylation sites (N-methyl/N-ethyl adjacent to an activating group) is 1. The Morgan fingerprint density at radius 1 is 1.00 bits per heavy atom. The molecule has 0 spiro atoms. The predicted octanol–water partition coefficient (Wildman–Crippen LogP) is 5.21. The molecular formula is C29H34ClN3O5S2. The molecule has 0 aliphatic heterocycles. The number of halogens is 1. The number of ether oxygens (including phenoxy) is 1. The number of thioether (sulfide) groups is 1. The van der Waals surface area contributed by atoms with Crippen molar-refractivity contribution >= 4 is 50.9 Å². The van der Waals surface area contributed by atoms with Gasteiger partial charge < -0.3 is 15.0 Å². The second-order valence-electron chi connectivity index (χ2n) is 8.80. The number of amides is 2. The molecule has 0 radical (unpaired) electrons. The van der Waals surface area contributed by atoms with Crippen molar-refractivity contribution in [1.82, 2.24) is 10.2 Å². The van der Waals surface area contributed by atoms with Gasteiger partial charge in [0.2, 0.25) is 11.8 Å². The van der Waals surface area contributed by atoms with Crippen LogP contribution in [0.4, 0.5) is 5.69 Å². The molecule has 3 rings (SSSR count). The van der Waals surface area contributed by atoms with Crippen LogP contribution in [-0.4, -0.2) is 57.1 Å². The highest BCUT2D eigenvalue weighted by atomic mass is 35.5. The van der Waals surface area contributed by atoms with Crippen LogP contribution in [0.15, 0.2) is 82.6 Å². The van der Waals surface area contributed by atoms with Gasteiger partial charge in [0.05, 0.1) is 17.2 Å². The van der Waals surface area contributed by atoms with E-state index in [9.17, 15) is 18.0 Å². The van der Waals surface area contributed by atoms with Gasteiger partial charge >= 0.3 is 0 Å². The van der Waals surface area contributed by atoms with E-state index < -0.39 is 28.5 Å². The molecule has 8 nitrogen and oxygen atoms in total. The Balaban J connectivity index is 2.04. The van der Waals surface area contributed by atoms with E-state index in [4.69, 9.17) is 16.3 Å².